The largest absolute Gasteiger partial charge is 0.296 e. The molecule has 0 bridgehead atoms. The fraction of sp³-hybridized carbons (Fsp3) is 0.409. The average molecular weight is 452 g/mol. The number of hydrogen-bond acceptors (Lipinski definition) is 8. The van der Waals surface area contributed by atoms with Crippen LogP contribution >= 0.6 is 23.1 Å². The van der Waals surface area contributed by atoms with Gasteiger partial charge in [-0.1, -0.05) is 6.92 Å². The second kappa shape index (κ2) is 8.64. The fourth-order valence-corrected chi connectivity index (χ4v) is 5.85. The zero-order valence-electron chi connectivity index (χ0n) is 17.9. The summed E-state index contributed by atoms with van der Waals surface area (Å²) in [6, 6.07) is 3.84. The van der Waals surface area contributed by atoms with Crippen LogP contribution < -0.4 is 0 Å². The topological polar surface area (TPSA) is 83.5 Å². The summed E-state index contributed by atoms with van der Waals surface area (Å²) in [5.74, 6) is 2.43. The molecular weight excluding hydrogens is 426 g/mol. The number of nitrogens with zero attached hydrogens (tertiary/aromatic N) is 6. The van der Waals surface area contributed by atoms with Gasteiger partial charge in [-0.05, 0) is 75.2 Å². The van der Waals surface area contributed by atoms with E-state index < -0.39 is 0 Å². The minimum absolute atomic E-state index is 0.660. The summed E-state index contributed by atoms with van der Waals surface area (Å²) in [4.78, 5) is 23.4. The van der Waals surface area contributed by atoms with Gasteiger partial charge in [0.15, 0.2) is 5.82 Å². The summed E-state index contributed by atoms with van der Waals surface area (Å²) in [6.07, 6.45) is 6.00. The number of likely N-dealkylation sites (tertiary alicyclic amines) is 1. The van der Waals surface area contributed by atoms with Gasteiger partial charge < -0.3 is 0 Å². The van der Waals surface area contributed by atoms with Crippen molar-refractivity contribution in [3.8, 4) is 11.4 Å². The second-order valence-electron chi connectivity index (χ2n) is 8.17. The van der Waals surface area contributed by atoms with Gasteiger partial charge >= 0.3 is 0 Å². The van der Waals surface area contributed by atoms with Crippen LogP contribution in [-0.4, -0.2) is 48.1 Å². The Morgan fingerprint density at radius 2 is 1.90 bits per heavy atom. The fourth-order valence-electron chi connectivity index (χ4n) is 3.84. The maximum atomic E-state index is 4.98. The van der Waals surface area contributed by atoms with E-state index in [9.17, 15) is 0 Å². The number of aromatic amines is 1. The molecule has 0 aromatic carbocycles. The summed E-state index contributed by atoms with van der Waals surface area (Å²) in [7, 11) is 0. The Bertz CT molecular complexity index is 1190. The molecule has 5 heterocycles. The number of fused-ring (bicyclic) bond motifs is 1. The van der Waals surface area contributed by atoms with E-state index in [2.05, 4.69) is 45.8 Å². The molecule has 4 aromatic rings. The Balaban J connectivity index is 1.46. The lowest BCUT2D eigenvalue weighted by Crippen LogP contribution is -2.32. The van der Waals surface area contributed by atoms with Gasteiger partial charge in [0.2, 0.25) is 5.16 Å². The van der Waals surface area contributed by atoms with Crippen molar-refractivity contribution in [1.29, 1.82) is 0 Å². The number of nitrogens with one attached hydrogen (secondary N) is 1. The predicted molar refractivity (Wildman–Crippen MR) is 124 cm³/mol. The molecule has 1 N–H and O–H groups in total. The molecule has 160 valence electrons. The summed E-state index contributed by atoms with van der Waals surface area (Å²) in [6.45, 7) is 9.66. The molecule has 0 atom stereocenters. The number of H-pyrrole nitrogens is 1. The third-order valence-corrected chi connectivity index (χ3v) is 7.84. The Hall–Kier alpha value is -2.36. The van der Waals surface area contributed by atoms with Crippen LogP contribution in [0.25, 0.3) is 21.6 Å². The highest BCUT2D eigenvalue weighted by atomic mass is 32.2. The minimum Gasteiger partial charge on any atom is -0.296 e. The molecule has 1 saturated heterocycles. The SMILES string of the molecule is Cc1sc2nc(CN3CCC(C)CC3)nc(Sc3n[nH]c(-c4ccncc4)n3)c2c1C. The number of aromatic nitrogens is 6. The third kappa shape index (κ3) is 4.35. The van der Waals surface area contributed by atoms with Gasteiger partial charge in [-0.15, -0.1) is 16.4 Å². The van der Waals surface area contributed by atoms with E-state index in [0.717, 1.165) is 58.0 Å². The van der Waals surface area contributed by atoms with Crippen LogP contribution in [0.5, 0.6) is 0 Å². The normalized spacial score (nSPS) is 15.7. The molecule has 0 unspecified atom stereocenters. The van der Waals surface area contributed by atoms with Crippen molar-refractivity contribution >= 4 is 33.3 Å². The van der Waals surface area contributed by atoms with Crippen LogP contribution in [-0.2, 0) is 6.54 Å². The van der Waals surface area contributed by atoms with E-state index in [1.54, 1.807) is 23.7 Å². The van der Waals surface area contributed by atoms with Crippen LogP contribution in [0.2, 0.25) is 0 Å². The average Bonchev–Trinajstić information content (AvgIpc) is 3.35. The first-order valence-electron chi connectivity index (χ1n) is 10.6. The molecule has 1 fully saturated rings. The van der Waals surface area contributed by atoms with Crippen molar-refractivity contribution in [3.63, 3.8) is 0 Å². The van der Waals surface area contributed by atoms with Gasteiger partial charge in [-0.3, -0.25) is 15.0 Å². The van der Waals surface area contributed by atoms with Crippen LogP contribution in [0, 0.1) is 19.8 Å². The molecule has 0 radical (unpaired) electrons. The van der Waals surface area contributed by atoms with Gasteiger partial charge in [-0.25, -0.2) is 15.0 Å². The number of piperidine rings is 1. The first-order valence-corrected chi connectivity index (χ1v) is 12.2. The summed E-state index contributed by atoms with van der Waals surface area (Å²) in [5.41, 5.74) is 2.20. The highest BCUT2D eigenvalue weighted by Gasteiger charge is 2.21. The standard InChI is InChI=1S/C22H25N7S2/c1-13-6-10-29(11-7-13)12-17-24-20-18(14(2)15(3)30-20)21(25-17)31-22-26-19(27-28-22)16-4-8-23-9-5-16/h4-5,8-9,13H,6-7,10-12H2,1-3H3,(H,26,27,28). The molecule has 4 aromatic heterocycles. The lowest BCUT2D eigenvalue weighted by Gasteiger charge is -2.29. The Labute approximate surface area is 189 Å². The van der Waals surface area contributed by atoms with Crippen LogP contribution in [0.4, 0.5) is 0 Å². The Kier molecular flexibility index (Phi) is 5.73. The monoisotopic (exact) mass is 451 g/mol. The zero-order chi connectivity index (χ0) is 21.4. The molecule has 1 aliphatic rings. The highest BCUT2D eigenvalue weighted by Crippen LogP contribution is 2.37. The van der Waals surface area contributed by atoms with Crippen LogP contribution in [0.1, 0.15) is 36.0 Å². The molecule has 0 aliphatic carbocycles. The van der Waals surface area contributed by atoms with Gasteiger partial charge in [0, 0.05) is 28.2 Å². The van der Waals surface area contributed by atoms with Gasteiger partial charge in [0.25, 0.3) is 0 Å². The van der Waals surface area contributed by atoms with E-state index >= 15 is 0 Å². The number of thiophene rings is 1. The zero-order valence-corrected chi connectivity index (χ0v) is 19.6. The summed E-state index contributed by atoms with van der Waals surface area (Å²) < 4.78 is 0. The molecule has 0 amide bonds. The second-order valence-corrected chi connectivity index (χ2v) is 10.3. The smallest absolute Gasteiger partial charge is 0.215 e. The van der Waals surface area contributed by atoms with Crippen LogP contribution in [0.3, 0.4) is 0 Å². The third-order valence-electron chi connectivity index (χ3n) is 5.89. The molecule has 9 heteroatoms. The van der Waals surface area contributed by atoms with Gasteiger partial charge in [0.1, 0.15) is 15.7 Å². The maximum Gasteiger partial charge on any atom is 0.215 e. The molecular formula is C22H25N7S2. The highest BCUT2D eigenvalue weighted by molar-refractivity contribution is 7.99. The Morgan fingerprint density at radius 1 is 1.13 bits per heavy atom. The lowest BCUT2D eigenvalue weighted by atomic mass is 9.99. The number of aryl methyl sites for hydroxylation is 2. The van der Waals surface area contributed by atoms with Gasteiger partial charge in [-0.2, -0.15) is 0 Å². The molecule has 31 heavy (non-hydrogen) atoms. The van der Waals surface area contributed by atoms with Gasteiger partial charge in [0.05, 0.1) is 6.54 Å². The number of hydrogen-bond donors (Lipinski definition) is 1. The van der Waals surface area contributed by atoms with Crippen molar-refractivity contribution in [2.75, 3.05) is 13.1 Å². The van der Waals surface area contributed by atoms with Crippen molar-refractivity contribution in [2.45, 2.75) is 50.3 Å². The maximum absolute atomic E-state index is 4.98. The molecule has 7 nitrogen and oxygen atoms in total. The van der Waals surface area contributed by atoms with E-state index in [1.807, 2.05) is 12.1 Å². The minimum atomic E-state index is 0.660. The van der Waals surface area contributed by atoms with E-state index in [4.69, 9.17) is 9.97 Å². The summed E-state index contributed by atoms with van der Waals surface area (Å²) in [5, 5.41) is 10.2. The Morgan fingerprint density at radius 3 is 2.68 bits per heavy atom. The summed E-state index contributed by atoms with van der Waals surface area (Å²) >= 11 is 3.25. The molecule has 0 spiro atoms. The van der Waals surface area contributed by atoms with E-state index in [0.29, 0.717) is 5.16 Å². The van der Waals surface area contributed by atoms with Crippen molar-refractivity contribution in [3.05, 3.63) is 40.8 Å². The van der Waals surface area contributed by atoms with Crippen molar-refractivity contribution < 1.29 is 0 Å². The molecule has 0 saturated carbocycles. The molecule has 5 rings (SSSR count). The first-order chi connectivity index (χ1) is 15.1. The van der Waals surface area contributed by atoms with Crippen LogP contribution in [0.15, 0.2) is 34.7 Å². The van der Waals surface area contributed by atoms with E-state index in [-0.39, 0.29) is 0 Å². The van der Waals surface area contributed by atoms with Crippen molar-refractivity contribution in [1.82, 2.24) is 35.0 Å². The lowest BCUT2D eigenvalue weighted by molar-refractivity contribution is 0.181. The number of pyridine rings is 1. The number of rotatable bonds is 5. The van der Waals surface area contributed by atoms with Crippen molar-refractivity contribution in [2.24, 2.45) is 5.92 Å². The first kappa shape index (κ1) is 20.5. The predicted octanol–water partition coefficient (Wildman–Crippen LogP) is 4.87. The quantitative estimate of drug-likeness (QED) is 0.433. The van der Waals surface area contributed by atoms with E-state index in [1.165, 1.54) is 35.0 Å². The molecule has 1 aliphatic heterocycles.